The Hall–Kier alpha value is -1.22. The zero-order valence-electron chi connectivity index (χ0n) is 8.44. The lowest BCUT2D eigenvalue weighted by Crippen LogP contribution is -2.03. The van der Waals surface area contributed by atoms with E-state index in [4.69, 9.17) is 27.5 Å². The second kappa shape index (κ2) is 3.88. The lowest BCUT2D eigenvalue weighted by atomic mass is 10.1. The average molecular weight is 213 g/mol. The van der Waals surface area contributed by atoms with E-state index in [9.17, 15) is 0 Å². The van der Waals surface area contributed by atoms with E-state index in [-0.39, 0.29) is 0 Å². The smallest absolute Gasteiger partial charge is 0.141 e. The highest BCUT2D eigenvalue weighted by Crippen LogP contribution is 2.35. The Morgan fingerprint density at radius 1 is 1.57 bits per heavy atom. The lowest BCUT2D eigenvalue weighted by molar-refractivity contribution is 0.412. The fourth-order valence-electron chi connectivity index (χ4n) is 1.42. The van der Waals surface area contributed by atoms with Gasteiger partial charge in [0, 0.05) is 17.0 Å². The number of aryl methyl sites for hydroxylation is 1. The van der Waals surface area contributed by atoms with Crippen LogP contribution in [0, 0.1) is 12.3 Å². The van der Waals surface area contributed by atoms with Gasteiger partial charge in [0.05, 0.1) is 12.1 Å². The summed E-state index contributed by atoms with van der Waals surface area (Å²) in [6, 6.07) is 1.76. The van der Waals surface area contributed by atoms with E-state index in [0.29, 0.717) is 27.7 Å². The van der Waals surface area contributed by atoms with Gasteiger partial charge in [-0.1, -0.05) is 11.6 Å². The van der Waals surface area contributed by atoms with Gasteiger partial charge in [-0.3, -0.25) is 0 Å². The highest BCUT2D eigenvalue weighted by atomic mass is 35.5. The number of nitrogens with one attached hydrogen (secondary N) is 1. The molecule has 4 heteroatoms. The molecule has 0 bridgehead atoms. The van der Waals surface area contributed by atoms with Crippen molar-refractivity contribution in [3.63, 3.8) is 0 Å². The van der Waals surface area contributed by atoms with Crippen LogP contribution in [0.15, 0.2) is 6.07 Å². The number of benzene rings is 1. The van der Waals surface area contributed by atoms with Gasteiger partial charge in [-0.15, -0.1) is 0 Å². The van der Waals surface area contributed by atoms with Crippen LogP contribution in [0.3, 0.4) is 0 Å². The number of methoxy groups -OCH3 is 1. The maximum atomic E-state index is 7.54. The number of nitrogens with two attached hydrogens (primary N) is 1. The van der Waals surface area contributed by atoms with Gasteiger partial charge in [-0.2, -0.15) is 0 Å². The number of rotatable bonds is 2. The molecule has 0 amide bonds. The molecule has 1 aromatic carbocycles. The Kier molecular flexibility index (Phi) is 3.01. The summed E-state index contributed by atoms with van der Waals surface area (Å²) in [7, 11) is 1.55. The molecule has 0 radical (unpaired) electrons. The summed E-state index contributed by atoms with van der Waals surface area (Å²) in [6.07, 6.45) is 0. The van der Waals surface area contributed by atoms with E-state index in [0.717, 1.165) is 5.56 Å². The highest BCUT2D eigenvalue weighted by Gasteiger charge is 2.14. The summed E-state index contributed by atoms with van der Waals surface area (Å²) in [5.74, 6) is 0.586. The minimum atomic E-state index is 0.339. The molecule has 0 atom stereocenters. The molecule has 0 aromatic heterocycles. The van der Waals surface area contributed by atoms with Gasteiger partial charge < -0.3 is 15.9 Å². The zero-order chi connectivity index (χ0) is 10.9. The van der Waals surface area contributed by atoms with Crippen LogP contribution < -0.4 is 10.5 Å². The van der Waals surface area contributed by atoms with Gasteiger partial charge in [0.25, 0.3) is 0 Å². The minimum absolute atomic E-state index is 0.339. The summed E-state index contributed by atoms with van der Waals surface area (Å²) in [6.45, 7) is 3.51. The third-order valence-corrected chi connectivity index (χ3v) is 2.38. The van der Waals surface area contributed by atoms with Crippen molar-refractivity contribution in [1.29, 1.82) is 5.41 Å². The van der Waals surface area contributed by atoms with Crippen LogP contribution in [0.1, 0.15) is 18.1 Å². The number of ether oxygens (including phenoxy) is 1. The fraction of sp³-hybridized carbons (Fsp3) is 0.300. The largest absolute Gasteiger partial charge is 0.495 e. The summed E-state index contributed by atoms with van der Waals surface area (Å²) < 4.78 is 5.14. The molecule has 0 aliphatic heterocycles. The number of hydrogen-bond donors (Lipinski definition) is 2. The van der Waals surface area contributed by atoms with Crippen molar-refractivity contribution < 1.29 is 4.74 Å². The summed E-state index contributed by atoms with van der Waals surface area (Å²) >= 11 is 6.07. The molecule has 0 heterocycles. The third kappa shape index (κ3) is 1.68. The summed E-state index contributed by atoms with van der Waals surface area (Å²) in [5, 5.41) is 7.95. The van der Waals surface area contributed by atoms with Crippen molar-refractivity contribution in [2.24, 2.45) is 0 Å². The number of halogens is 1. The predicted molar refractivity (Wildman–Crippen MR) is 59.7 cm³/mol. The van der Waals surface area contributed by atoms with Gasteiger partial charge in [0.2, 0.25) is 0 Å². The Balaban J connectivity index is 3.52. The van der Waals surface area contributed by atoms with Crippen LogP contribution in [-0.2, 0) is 0 Å². The fourth-order valence-corrected chi connectivity index (χ4v) is 1.89. The predicted octanol–water partition coefficient (Wildman–Crippen LogP) is 2.63. The van der Waals surface area contributed by atoms with Crippen molar-refractivity contribution in [2.75, 3.05) is 12.8 Å². The van der Waals surface area contributed by atoms with Crippen LogP contribution in [0.5, 0.6) is 5.75 Å². The first-order valence-corrected chi connectivity index (χ1v) is 4.55. The van der Waals surface area contributed by atoms with E-state index in [1.807, 2.05) is 6.92 Å². The molecular formula is C10H13ClN2O. The number of hydrogen-bond acceptors (Lipinski definition) is 3. The van der Waals surface area contributed by atoms with Crippen LogP contribution in [0.4, 0.5) is 5.69 Å². The van der Waals surface area contributed by atoms with Crippen molar-refractivity contribution in [3.8, 4) is 5.75 Å². The first kappa shape index (κ1) is 10.9. The third-order valence-electron chi connectivity index (χ3n) is 2.02. The second-order valence-corrected chi connectivity index (χ2v) is 3.51. The van der Waals surface area contributed by atoms with E-state index < -0.39 is 0 Å². The first-order chi connectivity index (χ1) is 6.49. The molecule has 0 saturated heterocycles. The average Bonchev–Trinajstić information content (AvgIpc) is 2.02. The van der Waals surface area contributed by atoms with Crippen LogP contribution >= 0.6 is 11.6 Å². The van der Waals surface area contributed by atoms with Crippen molar-refractivity contribution >= 4 is 23.0 Å². The minimum Gasteiger partial charge on any atom is -0.495 e. The SMILES string of the molecule is COc1c(C)cc(N)c(C(C)=N)c1Cl. The second-order valence-electron chi connectivity index (χ2n) is 3.13. The summed E-state index contributed by atoms with van der Waals surface area (Å²) in [5.41, 5.74) is 8.04. The van der Waals surface area contributed by atoms with Crippen molar-refractivity contribution in [1.82, 2.24) is 0 Å². The maximum absolute atomic E-state index is 7.54. The van der Waals surface area contributed by atoms with Crippen LogP contribution in [0.25, 0.3) is 0 Å². The number of anilines is 1. The molecule has 76 valence electrons. The van der Waals surface area contributed by atoms with E-state index in [1.54, 1.807) is 20.1 Å². The van der Waals surface area contributed by atoms with E-state index >= 15 is 0 Å². The Bertz CT molecular complexity index is 388. The monoisotopic (exact) mass is 212 g/mol. The van der Waals surface area contributed by atoms with Gasteiger partial charge in [0.15, 0.2) is 0 Å². The van der Waals surface area contributed by atoms with Gasteiger partial charge >= 0.3 is 0 Å². The molecule has 3 N–H and O–H groups in total. The number of nitrogen functional groups attached to an aromatic ring is 1. The van der Waals surface area contributed by atoms with Crippen molar-refractivity contribution in [3.05, 3.63) is 22.2 Å². The maximum Gasteiger partial charge on any atom is 0.141 e. The van der Waals surface area contributed by atoms with Gasteiger partial charge in [-0.05, 0) is 25.5 Å². The lowest BCUT2D eigenvalue weighted by Gasteiger charge is -2.13. The van der Waals surface area contributed by atoms with E-state index in [1.165, 1.54) is 0 Å². The molecule has 0 saturated carbocycles. The molecule has 0 spiro atoms. The molecule has 0 fully saturated rings. The molecule has 3 nitrogen and oxygen atoms in total. The van der Waals surface area contributed by atoms with Gasteiger partial charge in [0.1, 0.15) is 5.75 Å². The van der Waals surface area contributed by atoms with Gasteiger partial charge in [-0.25, -0.2) is 0 Å². The molecule has 0 unspecified atom stereocenters. The molecule has 1 aromatic rings. The van der Waals surface area contributed by atoms with Crippen LogP contribution in [-0.4, -0.2) is 12.8 Å². The molecular weight excluding hydrogens is 200 g/mol. The quantitative estimate of drug-likeness (QED) is 0.585. The Morgan fingerprint density at radius 2 is 2.14 bits per heavy atom. The molecule has 0 aliphatic rings. The molecule has 14 heavy (non-hydrogen) atoms. The van der Waals surface area contributed by atoms with Crippen molar-refractivity contribution in [2.45, 2.75) is 13.8 Å². The summed E-state index contributed by atoms with van der Waals surface area (Å²) in [4.78, 5) is 0. The topological polar surface area (TPSA) is 59.1 Å². The van der Waals surface area contributed by atoms with Crippen LogP contribution in [0.2, 0.25) is 5.02 Å². The first-order valence-electron chi connectivity index (χ1n) is 4.17. The Morgan fingerprint density at radius 3 is 2.57 bits per heavy atom. The highest BCUT2D eigenvalue weighted by molar-refractivity contribution is 6.36. The molecule has 0 aliphatic carbocycles. The van der Waals surface area contributed by atoms with E-state index in [2.05, 4.69) is 0 Å². The standard InChI is InChI=1S/C10H13ClN2O/c1-5-4-7(13)8(6(2)12)9(11)10(5)14-3/h4,12H,13H2,1-3H3. The zero-order valence-corrected chi connectivity index (χ0v) is 9.20. The normalized spacial score (nSPS) is 10.0. The Labute approximate surface area is 88.3 Å². The molecule has 1 rings (SSSR count).